The van der Waals surface area contributed by atoms with Gasteiger partial charge in [0.15, 0.2) is 0 Å². The number of likely N-dealkylation sites (tertiary alicyclic amines) is 1. The molecule has 1 aliphatic rings. The first-order valence-electron chi connectivity index (χ1n) is 7.69. The molecule has 1 aliphatic heterocycles. The van der Waals surface area contributed by atoms with Crippen molar-refractivity contribution < 1.29 is 0 Å². The molecule has 1 rings (SSSR count). The Kier molecular flexibility index (Phi) is 7.87. The summed E-state index contributed by atoms with van der Waals surface area (Å²) in [6.07, 6.45) is 6.79. The maximum absolute atomic E-state index is 3.58. The Balaban J connectivity index is 2.18. The molecule has 1 N–H and O–H groups in total. The van der Waals surface area contributed by atoms with Crippen molar-refractivity contribution in [3.63, 3.8) is 0 Å². The molecule has 0 saturated carbocycles. The smallest absolute Gasteiger partial charge is 0.00219 e. The van der Waals surface area contributed by atoms with Gasteiger partial charge < -0.3 is 10.2 Å². The van der Waals surface area contributed by atoms with Crippen LogP contribution in [0.25, 0.3) is 0 Å². The Hall–Kier alpha value is -0.0800. The second-order valence-corrected chi connectivity index (χ2v) is 5.87. The molecule has 102 valence electrons. The van der Waals surface area contributed by atoms with Gasteiger partial charge in [0.1, 0.15) is 0 Å². The minimum absolute atomic E-state index is 0.877. The van der Waals surface area contributed by atoms with Crippen LogP contribution in [0, 0.1) is 11.8 Å². The van der Waals surface area contributed by atoms with Crippen molar-refractivity contribution in [1.29, 1.82) is 0 Å². The summed E-state index contributed by atoms with van der Waals surface area (Å²) < 4.78 is 0. The molecule has 0 radical (unpaired) electrons. The van der Waals surface area contributed by atoms with Crippen molar-refractivity contribution in [2.75, 3.05) is 32.7 Å². The molecule has 0 aromatic carbocycles. The summed E-state index contributed by atoms with van der Waals surface area (Å²) in [7, 11) is 0. The van der Waals surface area contributed by atoms with E-state index in [1.54, 1.807) is 0 Å². The number of nitrogens with one attached hydrogen (secondary N) is 1. The van der Waals surface area contributed by atoms with Gasteiger partial charge in [-0.2, -0.15) is 0 Å². The van der Waals surface area contributed by atoms with Gasteiger partial charge in [0.25, 0.3) is 0 Å². The van der Waals surface area contributed by atoms with Gasteiger partial charge >= 0.3 is 0 Å². The normalized spacial score (nSPS) is 23.8. The van der Waals surface area contributed by atoms with Crippen LogP contribution in [0.5, 0.6) is 0 Å². The average molecular weight is 240 g/mol. The largest absolute Gasteiger partial charge is 0.316 e. The SMILES string of the molecule is CCCNCC1CCCN(CC(C)CCC)C1. The Morgan fingerprint density at radius 1 is 1.29 bits per heavy atom. The molecule has 1 saturated heterocycles. The Labute approximate surface area is 108 Å². The molecule has 2 heteroatoms. The van der Waals surface area contributed by atoms with E-state index >= 15 is 0 Å². The fourth-order valence-corrected chi connectivity index (χ4v) is 2.99. The molecule has 2 nitrogen and oxygen atoms in total. The van der Waals surface area contributed by atoms with Crippen molar-refractivity contribution in [3.8, 4) is 0 Å². The third kappa shape index (κ3) is 6.42. The van der Waals surface area contributed by atoms with Gasteiger partial charge in [-0.1, -0.05) is 27.2 Å². The fourth-order valence-electron chi connectivity index (χ4n) is 2.99. The van der Waals surface area contributed by atoms with Crippen molar-refractivity contribution in [2.45, 2.75) is 52.9 Å². The van der Waals surface area contributed by atoms with Crippen LogP contribution in [0.4, 0.5) is 0 Å². The van der Waals surface area contributed by atoms with E-state index in [1.807, 2.05) is 0 Å². The molecular weight excluding hydrogens is 208 g/mol. The monoisotopic (exact) mass is 240 g/mol. The summed E-state index contributed by atoms with van der Waals surface area (Å²) in [5.41, 5.74) is 0. The maximum atomic E-state index is 3.58. The predicted octanol–water partition coefficient (Wildman–Crippen LogP) is 3.13. The molecular formula is C15H32N2. The standard InChI is InChI=1S/C15H32N2/c1-4-7-14(3)12-17-10-6-8-15(13-17)11-16-9-5-2/h14-16H,4-13H2,1-3H3. The highest BCUT2D eigenvalue weighted by Gasteiger charge is 2.20. The molecule has 0 amide bonds. The van der Waals surface area contributed by atoms with E-state index < -0.39 is 0 Å². The molecule has 17 heavy (non-hydrogen) atoms. The Bertz CT molecular complexity index is 182. The highest BCUT2D eigenvalue weighted by molar-refractivity contribution is 4.75. The summed E-state index contributed by atoms with van der Waals surface area (Å²) in [6, 6.07) is 0. The second kappa shape index (κ2) is 8.93. The average Bonchev–Trinajstić information content (AvgIpc) is 2.30. The van der Waals surface area contributed by atoms with Gasteiger partial charge in [-0.3, -0.25) is 0 Å². The lowest BCUT2D eigenvalue weighted by atomic mass is 9.96. The number of rotatable bonds is 8. The molecule has 0 aromatic heterocycles. The Morgan fingerprint density at radius 2 is 2.12 bits per heavy atom. The minimum Gasteiger partial charge on any atom is -0.316 e. The second-order valence-electron chi connectivity index (χ2n) is 5.87. The zero-order valence-corrected chi connectivity index (χ0v) is 12.2. The van der Waals surface area contributed by atoms with Gasteiger partial charge in [-0.05, 0) is 57.2 Å². The van der Waals surface area contributed by atoms with E-state index in [0.717, 1.165) is 11.8 Å². The minimum atomic E-state index is 0.877. The van der Waals surface area contributed by atoms with E-state index in [2.05, 4.69) is 31.0 Å². The van der Waals surface area contributed by atoms with Gasteiger partial charge in [-0.25, -0.2) is 0 Å². The lowest BCUT2D eigenvalue weighted by molar-refractivity contribution is 0.151. The number of hydrogen-bond donors (Lipinski definition) is 1. The first kappa shape index (κ1) is 15.0. The van der Waals surface area contributed by atoms with Crippen LogP contribution in [0.3, 0.4) is 0 Å². The Morgan fingerprint density at radius 3 is 2.82 bits per heavy atom. The fraction of sp³-hybridized carbons (Fsp3) is 1.00. The van der Waals surface area contributed by atoms with E-state index in [-0.39, 0.29) is 0 Å². The summed E-state index contributed by atoms with van der Waals surface area (Å²) >= 11 is 0. The number of piperidine rings is 1. The van der Waals surface area contributed by atoms with Crippen molar-refractivity contribution in [2.24, 2.45) is 11.8 Å². The third-order valence-electron chi connectivity index (χ3n) is 3.81. The van der Waals surface area contributed by atoms with Crippen LogP contribution in [-0.4, -0.2) is 37.6 Å². The lowest BCUT2D eigenvalue weighted by Crippen LogP contribution is -2.41. The van der Waals surface area contributed by atoms with Gasteiger partial charge in [0, 0.05) is 13.1 Å². The van der Waals surface area contributed by atoms with Gasteiger partial charge in [-0.15, -0.1) is 0 Å². The van der Waals surface area contributed by atoms with Crippen LogP contribution < -0.4 is 5.32 Å². The maximum Gasteiger partial charge on any atom is 0.00219 e. The third-order valence-corrected chi connectivity index (χ3v) is 3.81. The molecule has 1 fully saturated rings. The quantitative estimate of drug-likeness (QED) is 0.656. The summed E-state index contributed by atoms with van der Waals surface area (Å²) in [5, 5.41) is 3.58. The molecule has 2 atom stereocenters. The topological polar surface area (TPSA) is 15.3 Å². The number of nitrogens with zero attached hydrogens (tertiary/aromatic N) is 1. The molecule has 2 unspecified atom stereocenters. The first-order chi connectivity index (χ1) is 8.26. The summed E-state index contributed by atoms with van der Waals surface area (Å²) in [5.74, 6) is 1.77. The number of hydrogen-bond acceptors (Lipinski definition) is 2. The zero-order chi connectivity index (χ0) is 12.5. The van der Waals surface area contributed by atoms with E-state index in [1.165, 1.54) is 64.8 Å². The van der Waals surface area contributed by atoms with Crippen molar-refractivity contribution in [1.82, 2.24) is 10.2 Å². The highest BCUT2D eigenvalue weighted by Crippen LogP contribution is 2.18. The molecule has 0 aromatic rings. The van der Waals surface area contributed by atoms with Crippen LogP contribution in [0.1, 0.15) is 52.9 Å². The predicted molar refractivity (Wildman–Crippen MR) is 76.4 cm³/mol. The van der Waals surface area contributed by atoms with E-state index in [0.29, 0.717) is 0 Å². The van der Waals surface area contributed by atoms with Crippen LogP contribution >= 0.6 is 0 Å². The van der Waals surface area contributed by atoms with Crippen molar-refractivity contribution in [3.05, 3.63) is 0 Å². The van der Waals surface area contributed by atoms with Crippen LogP contribution in [0.2, 0.25) is 0 Å². The van der Waals surface area contributed by atoms with Crippen molar-refractivity contribution >= 4 is 0 Å². The van der Waals surface area contributed by atoms with E-state index in [9.17, 15) is 0 Å². The van der Waals surface area contributed by atoms with Gasteiger partial charge in [0.05, 0.1) is 0 Å². The highest BCUT2D eigenvalue weighted by atomic mass is 15.1. The van der Waals surface area contributed by atoms with E-state index in [4.69, 9.17) is 0 Å². The zero-order valence-electron chi connectivity index (χ0n) is 12.2. The first-order valence-corrected chi connectivity index (χ1v) is 7.69. The molecule has 1 heterocycles. The molecule has 0 spiro atoms. The molecule has 0 aliphatic carbocycles. The van der Waals surface area contributed by atoms with Crippen LogP contribution in [0.15, 0.2) is 0 Å². The lowest BCUT2D eigenvalue weighted by Gasteiger charge is -2.34. The summed E-state index contributed by atoms with van der Waals surface area (Å²) in [6.45, 7) is 13.3. The van der Waals surface area contributed by atoms with Gasteiger partial charge in [0.2, 0.25) is 0 Å². The molecule has 0 bridgehead atoms. The van der Waals surface area contributed by atoms with Crippen LogP contribution in [-0.2, 0) is 0 Å². The summed E-state index contributed by atoms with van der Waals surface area (Å²) in [4.78, 5) is 2.70.